The Labute approximate surface area is 188 Å². The summed E-state index contributed by atoms with van der Waals surface area (Å²) < 4.78 is 49.1. The molecule has 2 aromatic rings. The fourth-order valence-corrected chi connectivity index (χ4v) is 4.70. The molecule has 1 aliphatic heterocycles. The second-order valence-corrected chi connectivity index (χ2v) is 8.80. The third kappa shape index (κ3) is 5.32. The molecule has 1 amide bonds. The highest BCUT2D eigenvalue weighted by Gasteiger charge is 2.27. The number of sulfonamides is 1. The number of ether oxygens (including phenoxy) is 4. The molecule has 9 nitrogen and oxygen atoms in total. The number of hydrogen-bond acceptors (Lipinski definition) is 7. The van der Waals surface area contributed by atoms with Gasteiger partial charge in [0.2, 0.25) is 10.0 Å². The highest BCUT2D eigenvalue weighted by Crippen LogP contribution is 2.32. The van der Waals surface area contributed by atoms with E-state index in [1.54, 1.807) is 31.2 Å². The quantitative estimate of drug-likeness (QED) is 0.609. The van der Waals surface area contributed by atoms with Crippen molar-refractivity contribution in [3.05, 3.63) is 42.0 Å². The zero-order chi connectivity index (χ0) is 23.1. The molecule has 2 aromatic carbocycles. The molecule has 0 aromatic heterocycles. The van der Waals surface area contributed by atoms with Crippen LogP contribution < -0.4 is 19.5 Å². The summed E-state index contributed by atoms with van der Waals surface area (Å²) in [6, 6.07) is 9.27. The number of morpholine rings is 1. The number of amides is 1. The Balaban J connectivity index is 1.90. The highest BCUT2D eigenvalue weighted by atomic mass is 32.2. The van der Waals surface area contributed by atoms with Crippen LogP contribution in [-0.2, 0) is 14.8 Å². The number of carbonyl (C=O) groups excluding carboxylic acids is 1. The number of methoxy groups -OCH3 is 1. The minimum Gasteiger partial charge on any atom is -0.493 e. The van der Waals surface area contributed by atoms with E-state index >= 15 is 0 Å². The number of nitrogens with one attached hydrogen (secondary N) is 1. The van der Waals surface area contributed by atoms with Crippen LogP contribution in [0.5, 0.6) is 17.2 Å². The first-order valence-electron chi connectivity index (χ1n) is 10.4. The van der Waals surface area contributed by atoms with Crippen LogP contribution in [0, 0.1) is 0 Å². The largest absolute Gasteiger partial charge is 0.493 e. The molecule has 1 fully saturated rings. The van der Waals surface area contributed by atoms with Gasteiger partial charge in [0.15, 0.2) is 11.5 Å². The summed E-state index contributed by atoms with van der Waals surface area (Å²) in [4.78, 5) is 13.0. The van der Waals surface area contributed by atoms with Gasteiger partial charge < -0.3 is 24.3 Å². The summed E-state index contributed by atoms with van der Waals surface area (Å²) in [6.45, 7) is 5.74. The van der Waals surface area contributed by atoms with Crippen LogP contribution in [0.25, 0.3) is 0 Å². The van der Waals surface area contributed by atoms with Gasteiger partial charge in [0.1, 0.15) is 5.75 Å². The van der Waals surface area contributed by atoms with E-state index in [1.165, 1.54) is 23.5 Å². The normalized spacial score (nSPS) is 14.6. The zero-order valence-corrected chi connectivity index (χ0v) is 19.2. The summed E-state index contributed by atoms with van der Waals surface area (Å²) in [5.74, 6) is 0.890. The van der Waals surface area contributed by atoms with Gasteiger partial charge >= 0.3 is 0 Å². The molecule has 174 valence electrons. The van der Waals surface area contributed by atoms with Gasteiger partial charge in [0.25, 0.3) is 5.91 Å². The van der Waals surface area contributed by atoms with Gasteiger partial charge in [-0.15, -0.1) is 0 Å². The standard InChI is InChI=1S/C22H28N2O7S/c1-4-30-19-9-7-17(32(26,27)24-10-12-29-13-11-24)15-18(19)23-22(25)16-6-8-20(31-5-2)21(14-16)28-3/h6-9,14-15H,4-5,10-13H2,1-3H3,(H,23,25). The van der Waals surface area contributed by atoms with E-state index < -0.39 is 15.9 Å². The Morgan fingerprint density at radius 2 is 1.66 bits per heavy atom. The maximum Gasteiger partial charge on any atom is 0.255 e. The predicted molar refractivity (Wildman–Crippen MR) is 119 cm³/mol. The van der Waals surface area contributed by atoms with E-state index in [-0.39, 0.29) is 23.7 Å². The Hall–Kier alpha value is -2.82. The molecule has 1 aliphatic rings. The van der Waals surface area contributed by atoms with E-state index in [0.717, 1.165) is 0 Å². The minimum absolute atomic E-state index is 0.0717. The Morgan fingerprint density at radius 1 is 1.00 bits per heavy atom. The molecule has 32 heavy (non-hydrogen) atoms. The van der Waals surface area contributed by atoms with Gasteiger partial charge in [-0.25, -0.2) is 8.42 Å². The number of anilines is 1. The number of rotatable bonds is 9. The van der Waals surface area contributed by atoms with Crippen molar-refractivity contribution in [1.29, 1.82) is 0 Å². The minimum atomic E-state index is -3.73. The molecular formula is C22H28N2O7S. The van der Waals surface area contributed by atoms with Crippen LogP contribution >= 0.6 is 0 Å². The van der Waals surface area contributed by atoms with Crippen molar-refractivity contribution in [3.63, 3.8) is 0 Å². The average Bonchev–Trinajstić information content (AvgIpc) is 2.81. The molecule has 1 heterocycles. The summed E-state index contributed by atoms with van der Waals surface area (Å²) in [6.07, 6.45) is 0. The molecule has 0 saturated carbocycles. The van der Waals surface area contributed by atoms with E-state index in [4.69, 9.17) is 18.9 Å². The van der Waals surface area contributed by atoms with Crippen LogP contribution in [0.2, 0.25) is 0 Å². The third-order valence-electron chi connectivity index (χ3n) is 4.83. The fraction of sp³-hybridized carbons (Fsp3) is 0.409. The van der Waals surface area contributed by atoms with Gasteiger partial charge in [-0.3, -0.25) is 4.79 Å². The lowest BCUT2D eigenvalue weighted by atomic mass is 10.1. The van der Waals surface area contributed by atoms with E-state index in [2.05, 4.69) is 5.32 Å². The molecule has 0 unspecified atom stereocenters. The fourth-order valence-electron chi connectivity index (χ4n) is 3.26. The maximum absolute atomic E-state index is 13.0. The van der Waals surface area contributed by atoms with Crippen molar-refractivity contribution in [3.8, 4) is 17.2 Å². The van der Waals surface area contributed by atoms with Crippen molar-refractivity contribution >= 4 is 21.6 Å². The SMILES string of the molecule is CCOc1ccc(S(=O)(=O)N2CCOCC2)cc1NC(=O)c1ccc(OCC)c(OC)c1. The summed E-state index contributed by atoms with van der Waals surface area (Å²) >= 11 is 0. The van der Waals surface area contributed by atoms with Gasteiger partial charge in [0, 0.05) is 18.7 Å². The van der Waals surface area contributed by atoms with Crippen molar-refractivity contribution in [2.45, 2.75) is 18.7 Å². The van der Waals surface area contributed by atoms with E-state index in [9.17, 15) is 13.2 Å². The molecule has 1 saturated heterocycles. The zero-order valence-electron chi connectivity index (χ0n) is 18.4. The molecule has 0 atom stereocenters. The molecule has 3 rings (SSSR count). The Kier molecular flexibility index (Phi) is 7.94. The number of benzene rings is 2. The van der Waals surface area contributed by atoms with Crippen molar-refractivity contribution in [1.82, 2.24) is 4.31 Å². The lowest BCUT2D eigenvalue weighted by Crippen LogP contribution is -2.40. The summed E-state index contributed by atoms with van der Waals surface area (Å²) in [5, 5.41) is 2.76. The lowest BCUT2D eigenvalue weighted by molar-refractivity contribution is 0.0730. The van der Waals surface area contributed by atoms with Crippen molar-refractivity contribution < 1.29 is 32.2 Å². The highest BCUT2D eigenvalue weighted by molar-refractivity contribution is 7.89. The van der Waals surface area contributed by atoms with Crippen LogP contribution in [0.3, 0.4) is 0 Å². The molecule has 10 heteroatoms. The molecule has 0 radical (unpaired) electrons. The maximum atomic E-state index is 13.0. The van der Waals surface area contributed by atoms with Gasteiger partial charge in [-0.2, -0.15) is 4.31 Å². The van der Waals surface area contributed by atoms with Crippen LogP contribution in [0.15, 0.2) is 41.3 Å². The Bertz CT molecular complexity index is 1050. The average molecular weight is 465 g/mol. The molecule has 0 spiro atoms. The van der Waals surface area contributed by atoms with Gasteiger partial charge in [-0.05, 0) is 50.2 Å². The van der Waals surface area contributed by atoms with E-state index in [0.29, 0.717) is 49.2 Å². The first kappa shape index (κ1) is 23.8. The first-order valence-corrected chi connectivity index (χ1v) is 11.8. The second kappa shape index (κ2) is 10.7. The first-order chi connectivity index (χ1) is 15.4. The number of nitrogens with zero attached hydrogens (tertiary/aromatic N) is 1. The monoisotopic (exact) mass is 464 g/mol. The van der Waals surface area contributed by atoms with Gasteiger partial charge in [-0.1, -0.05) is 0 Å². The predicted octanol–water partition coefficient (Wildman–Crippen LogP) is 2.77. The lowest BCUT2D eigenvalue weighted by Gasteiger charge is -2.26. The number of carbonyl (C=O) groups is 1. The number of hydrogen-bond donors (Lipinski definition) is 1. The second-order valence-electron chi connectivity index (χ2n) is 6.86. The third-order valence-corrected chi connectivity index (χ3v) is 6.73. The molecule has 0 aliphatic carbocycles. The van der Waals surface area contributed by atoms with Crippen molar-refractivity contribution in [2.75, 3.05) is 51.9 Å². The molecule has 0 bridgehead atoms. The smallest absolute Gasteiger partial charge is 0.255 e. The Morgan fingerprint density at radius 3 is 2.31 bits per heavy atom. The summed E-state index contributed by atoms with van der Waals surface area (Å²) in [5.41, 5.74) is 0.591. The molecule has 1 N–H and O–H groups in total. The van der Waals surface area contributed by atoms with Gasteiger partial charge in [0.05, 0.1) is 44.1 Å². The van der Waals surface area contributed by atoms with Crippen molar-refractivity contribution in [2.24, 2.45) is 0 Å². The van der Waals surface area contributed by atoms with Crippen LogP contribution in [0.1, 0.15) is 24.2 Å². The van der Waals surface area contributed by atoms with E-state index in [1.807, 2.05) is 6.92 Å². The molecular weight excluding hydrogens is 436 g/mol. The summed E-state index contributed by atoms with van der Waals surface area (Å²) in [7, 11) is -2.24. The topological polar surface area (TPSA) is 103 Å². The van der Waals surface area contributed by atoms with Crippen LogP contribution in [0.4, 0.5) is 5.69 Å². The van der Waals surface area contributed by atoms with Crippen LogP contribution in [-0.4, -0.2) is 65.3 Å².